The van der Waals surface area contributed by atoms with Gasteiger partial charge in [0, 0.05) is 23.9 Å². The smallest absolute Gasteiger partial charge is 0.269 e. The number of hydrogen-bond donors (Lipinski definition) is 0. The lowest BCUT2D eigenvalue weighted by atomic mass is 10.2. The summed E-state index contributed by atoms with van der Waals surface area (Å²) in [5, 5.41) is 10.7. The van der Waals surface area contributed by atoms with Crippen LogP contribution in [0.25, 0.3) is 0 Å². The van der Waals surface area contributed by atoms with Crippen molar-refractivity contribution in [1.29, 1.82) is 0 Å². The number of nitrogens with zero attached hydrogens (tertiary/aromatic N) is 2. The van der Waals surface area contributed by atoms with Gasteiger partial charge in [-0.2, -0.15) is 0 Å². The van der Waals surface area contributed by atoms with Gasteiger partial charge in [0.25, 0.3) is 5.69 Å². The Balaban J connectivity index is 1.73. The average molecular weight is 346 g/mol. The van der Waals surface area contributed by atoms with Crippen molar-refractivity contribution in [3.05, 3.63) is 99.6 Å². The van der Waals surface area contributed by atoms with Gasteiger partial charge in [-0.3, -0.25) is 15.1 Å². The fraction of sp³-hybridized carbons (Fsp3) is 0.0952. The van der Waals surface area contributed by atoms with Gasteiger partial charge < -0.3 is 4.74 Å². The summed E-state index contributed by atoms with van der Waals surface area (Å²) in [6.07, 6.45) is 1.79. The van der Waals surface area contributed by atoms with Gasteiger partial charge in [0.1, 0.15) is 12.4 Å². The fourth-order valence-electron chi connectivity index (χ4n) is 2.44. The zero-order valence-corrected chi connectivity index (χ0v) is 14.3. The molecule has 0 spiro atoms. The SMILES string of the molecule is Cc1ccccc1N=Cc1ccccc1OCc1ccc([N+](=O)[O-])cc1. The number of para-hydroxylation sites is 2. The molecular weight excluding hydrogens is 328 g/mol. The van der Waals surface area contributed by atoms with Crippen LogP contribution in [0.4, 0.5) is 11.4 Å². The number of ether oxygens (including phenoxy) is 1. The van der Waals surface area contributed by atoms with E-state index >= 15 is 0 Å². The van der Waals surface area contributed by atoms with E-state index in [-0.39, 0.29) is 5.69 Å². The lowest BCUT2D eigenvalue weighted by molar-refractivity contribution is -0.384. The van der Waals surface area contributed by atoms with Crippen molar-refractivity contribution in [2.45, 2.75) is 13.5 Å². The third-order valence-electron chi connectivity index (χ3n) is 3.92. The van der Waals surface area contributed by atoms with Crippen molar-refractivity contribution in [3.8, 4) is 5.75 Å². The summed E-state index contributed by atoms with van der Waals surface area (Å²) in [6.45, 7) is 2.34. The maximum absolute atomic E-state index is 10.7. The van der Waals surface area contributed by atoms with Crippen molar-refractivity contribution < 1.29 is 9.66 Å². The van der Waals surface area contributed by atoms with E-state index in [0.29, 0.717) is 12.4 Å². The van der Waals surface area contributed by atoms with Crippen LogP contribution in [0.2, 0.25) is 0 Å². The lowest BCUT2D eigenvalue weighted by Gasteiger charge is -2.09. The third-order valence-corrected chi connectivity index (χ3v) is 3.92. The van der Waals surface area contributed by atoms with Crippen LogP contribution in [-0.2, 0) is 6.61 Å². The molecule has 3 aromatic carbocycles. The Bertz CT molecular complexity index is 934. The van der Waals surface area contributed by atoms with Crippen LogP contribution >= 0.6 is 0 Å². The highest BCUT2D eigenvalue weighted by molar-refractivity contribution is 5.85. The number of aryl methyl sites for hydroxylation is 1. The van der Waals surface area contributed by atoms with E-state index in [1.54, 1.807) is 18.3 Å². The first-order valence-electron chi connectivity index (χ1n) is 8.18. The highest BCUT2D eigenvalue weighted by atomic mass is 16.6. The minimum atomic E-state index is -0.415. The number of non-ortho nitro benzene ring substituents is 1. The fourth-order valence-corrected chi connectivity index (χ4v) is 2.44. The van der Waals surface area contributed by atoms with E-state index < -0.39 is 4.92 Å². The second-order valence-electron chi connectivity index (χ2n) is 5.79. The zero-order chi connectivity index (χ0) is 18.4. The first-order valence-corrected chi connectivity index (χ1v) is 8.18. The van der Waals surface area contributed by atoms with Crippen LogP contribution < -0.4 is 4.74 Å². The first kappa shape index (κ1) is 17.4. The normalized spacial score (nSPS) is 10.8. The van der Waals surface area contributed by atoms with E-state index in [1.807, 2.05) is 55.5 Å². The Kier molecular flexibility index (Phi) is 5.39. The maximum atomic E-state index is 10.7. The zero-order valence-electron chi connectivity index (χ0n) is 14.3. The van der Waals surface area contributed by atoms with E-state index in [9.17, 15) is 10.1 Å². The Morgan fingerprint density at radius 3 is 2.42 bits per heavy atom. The molecule has 3 aromatic rings. The molecule has 3 rings (SSSR count). The van der Waals surface area contributed by atoms with Gasteiger partial charge in [-0.25, -0.2) is 0 Å². The van der Waals surface area contributed by atoms with Gasteiger partial charge in [-0.15, -0.1) is 0 Å². The predicted octanol–water partition coefficient (Wildman–Crippen LogP) is 5.23. The van der Waals surface area contributed by atoms with Gasteiger partial charge in [0.15, 0.2) is 0 Å². The summed E-state index contributed by atoms with van der Waals surface area (Å²) in [6, 6.07) is 21.9. The third kappa shape index (κ3) is 4.33. The van der Waals surface area contributed by atoms with Crippen molar-refractivity contribution in [1.82, 2.24) is 0 Å². The minimum absolute atomic E-state index is 0.0690. The molecule has 130 valence electrons. The number of nitro groups is 1. The minimum Gasteiger partial charge on any atom is -0.488 e. The molecule has 0 aliphatic rings. The van der Waals surface area contributed by atoms with Crippen molar-refractivity contribution in [2.24, 2.45) is 4.99 Å². The molecule has 0 amide bonds. The molecule has 0 aliphatic carbocycles. The highest BCUT2D eigenvalue weighted by Crippen LogP contribution is 2.21. The van der Waals surface area contributed by atoms with Crippen LogP contribution in [0.3, 0.4) is 0 Å². The number of aliphatic imine (C=N–C) groups is 1. The molecule has 0 fully saturated rings. The average Bonchev–Trinajstić information content (AvgIpc) is 2.66. The molecule has 0 unspecified atom stereocenters. The maximum Gasteiger partial charge on any atom is 0.269 e. The molecule has 0 atom stereocenters. The number of rotatable bonds is 6. The standard InChI is InChI=1S/C21H18N2O3/c1-16-6-2-4-8-20(16)22-14-18-7-3-5-9-21(18)26-15-17-10-12-19(13-11-17)23(24)25/h2-14H,15H2,1H3. The Morgan fingerprint density at radius 1 is 1.00 bits per heavy atom. The van der Waals surface area contributed by atoms with Gasteiger partial charge in [-0.05, 0) is 48.4 Å². The molecule has 5 nitrogen and oxygen atoms in total. The second kappa shape index (κ2) is 8.07. The molecule has 0 heterocycles. The van der Waals surface area contributed by atoms with Crippen LogP contribution in [0.1, 0.15) is 16.7 Å². The topological polar surface area (TPSA) is 64.7 Å². The molecule has 0 saturated heterocycles. The number of hydrogen-bond acceptors (Lipinski definition) is 4. The van der Waals surface area contributed by atoms with Crippen molar-refractivity contribution in [2.75, 3.05) is 0 Å². The summed E-state index contributed by atoms with van der Waals surface area (Å²) in [5.41, 5.74) is 3.82. The molecule has 0 aliphatic heterocycles. The summed E-state index contributed by atoms with van der Waals surface area (Å²) < 4.78 is 5.88. The molecular formula is C21H18N2O3. The van der Waals surface area contributed by atoms with Gasteiger partial charge in [0.05, 0.1) is 10.6 Å². The molecule has 26 heavy (non-hydrogen) atoms. The van der Waals surface area contributed by atoms with E-state index in [2.05, 4.69) is 4.99 Å². The quantitative estimate of drug-likeness (QED) is 0.348. The Hall–Kier alpha value is -3.47. The van der Waals surface area contributed by atoms with Gasteiger partial charge in [0.2, 0.25) is 0 Å². The Morgan fingerprint density at radius 2 is 1.69 bits per heavy atom. The van der Waals surface area contributed by atoms with E-state index in [0.717, 1.165) is 22.4 Å². The Labute approximate surface area is 151 Å². The van der Waals surface area contributed by atoms with Crippen molar-refractivity contribution >= 4 is 17.6 Å². The summed E-state index contributed by atoms with van der Waals surface area (Å²) >= 11 is 0. The molecule has 0 radical (unpaired) electrons. The van der Waals surface area contributed by atoms with Gasteiger partial charge in [-0.1, -0.05) is 30.3 Å². The van der Waals surface area contributed by atoms with Crippen molar-refractivity contribution in [3.63, 3.8) is 0 Å². The summed E-state index contributed by atoms with van der Waals surface area (Å²) in [7, 11) is 0. The summed E-state index contributed by atoms with van der Waals surface area (Å²) in [5.74, 6) is 0.711. The molecule has 0 saturated carbocycles. The number of benzene rings is 3. The molecule has 5 heteroatoms. The van der Waals surface area contributed by atoms with Crippen LogP contribution in [-0.4, -0.2) is 11.1 Å². The molecule has 0 N–H and O–H groups in total. The first-order chi connectivity index (χ1) is 12.6. The monoisotopic (exact) mass is 346 g/mol. The summed E-state index contributed by atoms with van der Waals surface area (Å²) in [4.78, 5) is 14.8. The van der Waals surface area contributed by atoms with E-state index in [4.69, 9.17) is 4.74 Å². The van der Waals surface area contributed by atoms with Crippen LogP contribution in [0.15, 0.2) is 77.8 Å². The molecule has 0 bridgehead atoms. The lowest BCUT2D eigenvalue weighted by Crippen LogP contribution is -1.98. The van der Waals surface area contributed by atoms with Crippen LogP contribution in [0, 0.1) is 17.0 Å². The van der Waals surface area contributed by atoms with Gasteiger partial charge >= 0.3 is 0 Å². The number of nitro benzene ring substituents is 1. The highest BCUT2D eigenvalue weighted by Gasteiger charge is 2.05. The predicted molar refractivity (Wildman–Crippen MR) is 102 cm³/mol. The molecule has 0 aromatic heterocycles. The largest absolute Gasteiger partial charge is 0.488 e. The second-order valence-corrected chi connectivity index (χ2v) is 5.79. The van der Waals surface area contributed by atoms with Crippen LogP contribution in [0.5, 0.6) is 5.75 Å². The van der Waals surface area contributed by atoms with E-state index in [1.165, 1.54) is 12.1 Å².